The first-order valence-corrected chi connectivity index (χ1v) is 10.0. The van der Waals surface area contributed by atoms with Crippen LogP contribution in [0.1, 0.15) is 29.6 Å². The van der Waals surface area contributed by atoms with Gasteiger partial charge in [-0.1, -0.05) is 12.5 Å². The van der Waals surface area contributed by atoms with E-state index in [1.807, 2.05) is 0 Å². The SMILES string of the molecule is CS(=O)(=O)N1CCCCC1C(=O)Nc1cccc(C(=O)NCC(F)(F)F)c1. The molecule has 1 fully saturated rings. The van der Waals surface area contributed by atoms with Gasteiger partial charge in [0.25, 0.3) is 5.91 Å². The van der Waals surface area contributed by atoms with E-state index in [9.17, 15) is 31.2 Å². The van der Waals surface area contributed by atoms with Crippen molar-refractivity contribution >= 4 is 27.5 Å². The van der Waals surface area contributed by atoms with Crippen LogP contribution in [0.15, 0.2) is 24.3 Å². The van der Waals surface area contributed by atoms with E-state index in [0.717, 1.165) is 10.6 Å². The molecule has 2 amide bonds. The molecule has 1 aromatic rings. The van der Waals surface area contributed by atoms with Gasteiger partial charge in [0.05, 0.1) is 6.26 Å². The number of hydrogen-bond acceptors (Lipinski definition) is 4. The Labute approximate surface area is 155 Å². The third-order valence-corrected chi connectivity index (χ3v) is 5.31. The van der Waals surface area contributed by atoms with Gasteiger partial charge in [0.1, 0.15) is 12.6 Å². The van der Waals surface area contributed by atoms with Crippen molar-refractivity contribution in [3.05, 3.63) is 29.8 Å². The largest absolute Gasteiger partial charge is 0.405 e. The number of rotatable bonds is 5. The highest BCUT2D eigenvalue weighted by atomic mass is 32.2. The van der Waals surface area contributed by atoms with Gasteiger partial charge in [0.2, 0.25) is 15.9 Å². The topological polar surface area (TPSA) is 95.6 Å². The molecular weight excluding hydrogens is 387 g/mol. The molecule has 0 bridgehead atoms. The predicted octanol–water partition coefficient (Wildman–Crippen LogP) is 1.73. The number of nitrogens with zero attached hydrogens (tertiary/aromatic N) is 1. The van der Waals surface area contributed by atoms with E-state index in [0.29, 0.717) is 19.3 Å². The average molecular weight is 407 g/mol. The first-order valence-electron chi connectivity index (χ1n) is 8.20. The molecule has 1 heterocycles. The highest BCUT2D eigenvalue weighted by molar-refractivity contribution is 7.88. The maximum absolute atomic E-state index is 12.5. The molecule has 1 saturated heterocycles. The molecule has 150 valence electrons. The summed E-state index contributed by atoms with van der Waals surface area (Å²) >= 11 is 0. The molecule has 0 radical (unpaired) electrons. The molecule has 11 heteroatoms. The predicted molar refractivity (Wildman–Crippen MR) is 92.6 cm³/mol. The number of anilines is 1. The van der Waals surface area contributed by atoms with Crippen molar-refractivity contribution in [2.45, 2.75) is 31.5 Å². The van der Waals surface area contributed by atoms with Crippen molar-refractivity contribution in [3.63, 3.8) is 0 Å². The summed E-state index contributed by atoms with van der Waals surface area (Å²) in [7, 11) is -3.55. The molecule has 1 aromatic carbocycles. The minimum Gasteiger partial charge on any atom is -0.343 e. The lowest BCUT2D eigenvalue weighted by molar-refractivity contribution is -0.123. The van der Waals surface area contributed by atoms with E-state index < -0.39 is 40.6 Å². The van der Waals surface area contributed by atoms with Gasteiger partial charge in [-0.2, -0.15) is 17.5 Å². The van der Waals surface area contributed by atoms with Gasteiger partial charge in [-0.05, 0) is 31.0 Å². The second kappa shape index (κ2) is 8.26. The number of benzene rings is 1. The van der Waals surface area contributed by atoms with Gasteiger partial charge in [0.15, 0.2) is 0 Å². The lowest BCUT2D eigenvalue weighted by atomic mass is 10.0. The lowest BCUT2D eigenvalue weighted by Gasteiger charge is -2.32. The van der Waals surface area contributed by atoms with Crippen LogP contribution < -0.4 is 10.6 Å². The monoisotopic (exact) mass is 407 g/mol. The number of amides is 2. The summed E-state index contributed by atoms with van der Waals surface area (Å²) in [6.07, 6.45) is -1.78. The summed E-state index contributed by atoms with van der Waals surface area (Å²) in [5.41, 5.74) is 0.138. The summed E-state index contributed by atoms with van der Waals surface area (Å²) in [4.78, 5) is 24.3. The maximum atomic E-state index is 12.5. The fourth-order valence-corrected chi connectivity index (χ4v) is 3.93. The number of hydrogen-bond donors (Lipinski definition) is 2. The van der Waals surface area contributed by atoms with Crippen molar-refractivity contribution in [3.8, 4) is 0 Å². The van der Waals surface area contributed by atoms with Crippen LogP contribution in [0.4, 0.5) is 18.9 Å². The second-order valence-electron chi connectivity index (χ2n) is 6.25. The third-order valence-electron chi connectivity index (χ3n) is 4.02. The van der Waals surface area contributed by atoms with Crippen LogP contribution in [0.5, 0.6) is 0 Å². The highest BCUT2D eigenvalue weighted by Gasteiger charge is 2.34. The first kappa shape index (κ1) is 21.2. The third kappa shape index (κ3) is 6.21. The van der Waals surface area contributed by atoms with E-state index in [2.05, 4.69) is 5.32 Å². The summed E-state index contributed by atoms with van der Waals surface area (Å²) in [5.74, 6) is -1.48. The Balaban J connectivity index is 2.08. The molecule has 0 aliphatic carbocycles. The zero-order valence-electron chi connectivity index (χ0n) is 14.5. The smallest absolute Gasteiger partial charge is 0.343 e. The number of nitrogens with one attached hydrogen (secondary N) is 2. The van der Waals surface area contributed by atoms with Gasteiger partial charge >= 0.3 is 6.18 Å². The molecule has 0 saturated carbocycles. The Hall–Kier alpha value is -2.14. The zero-order chi connectivity index (χ0) is 20.2. The fourth-order valence-electron chi connectivity index (χ4n) is 2.81. The highest BCUT2D eigenvalue weighted by Crippen LogP contribution is 2.22. The molecule has 1 aliphatic rings. The van der Waals surface area contributed by atoms with Crippen LogP contribution >= 0.6 is 0 Å². The first-order chi connectivity index (χ1) is 12.5. The van der Waals surface area contributed by atoms with Crippen LogP contribution in [0.3, 0.4) is 0 Å². The van der Waals surface area contributed by atoms with Crippen molar-refractivity contribution < 1.29 is 31.2 Å². The molecule has 27 heavy (non-hydrogen) atoms. The molecule has 2 N–H and O–H groups in total. The summed E-state index contributed by atoms with van der Waals surface area (Å²) in [6.45, 7) is -1.22. The van der Waals surface area contributed by atoms with E-state index >= 15 is 0 Å². The average Bonchev–Trinajstić information content (AvgIpc) is 2.58. The summed E-state index contributed by atoms with van der Waals surface area (Å²) in [6, 6.07) is 4.55. The van der Waals surface area contributed by atoms with Crippen molar-refractivity contribution in [1.29, 1.82) is 0 Å². The quantitative estimate of drug-likeness (QED) is 0.777. The number of alkyl halides is 3. The standard InChI is InChI=1S/C16H20F3N3O4S/c1-27(25,26)22-8-3-2-7-13(22)15(24)21-12-6-4-5-11(9-12)14(23)20-10-16(17,18)19/h4-6,9,13H,2-3,7-8,10H2,1H3,(H,20,23)(H,21,24). The Kier molecular flexibility index (Phi) is 6.47. The molecule has 0 spiro atoms. The number of carbonyl (C=O) groups is 2. The van der Waals surface area contributed by atoms with Gasteiger partial charge in [-0.15, -0.1) is 0 Å². The summed E-state index contributed by atoms with van der Waals surface area (Å²) < 4.78 is 61.4. The Morgan fingerprint density at radius 3 is 2.59 bits per heavy atom. The van der Waals surface area contributed by atoms with Crippen molar-refractivity contribution in [2.75, 3.05) is 24.7 Å². The normalized spacial score (nSPS) is 18.7. The van der Waals surface area contributed by atoms with E-state index in [1.54, 1.807) is 5.32 Å². The van der Waals surface area contributed by atoms with Gasteiger partial charge < -0.3 is 10.6 Å². The van der Waals surface area contributed by atoms with E-state index in [1.165, 1.54) is 24.3 Å². The van der Waals surface area contributed by atoms with Crippen LogP contribution in [-0.4, -0.2) is 56.1 Å². The van der Waals surface area contributed by atoms with E-state index in [4.69, 9.17) is 0 Å². The van der Waals surface area contributed by atoms with Crippen LogP contribution in [0.2, 0.25) is 0 Å². The van der Waals surface area contributed by atoms with Gasteiger partial charge in [0, 0.05) is 17.8 Å². The number of piperidine rings is 1. The Morgan fingerprint density at radius 1 is 1.26 bits per heavy atom. The molecule has 2 rings (SSSR count). The van der Waals surface area contributed by atoms with Gasteiger partial charge in [-0.3, -0.25) is 9.59 Å². The van der Waals surface area contributed by atoms with Crippen LogP contribution in [-0.2, 0) is 14.8 Å². The Morgan fingerprint density at radius 2 is 1.96 bits per heavy atom. The molecule has 0 aromatic heterocycles. The second-order valence-corrected chi connectivity index (χ2v) is 8.19. The minimum atomic E-state index is -4.53. The van der Waals surface area contributed by atoms with Crippen LogP contribution in [0.25, 0.3) is 0 Å². The molecular formula is C16H20F3N3O4S. The maximum Gasteiger partial charge on any atom is 0.405 e. The fraction of sp³-hybridized carbons (Fsp3) is 0.500. The van der Waals surface area contributed by atoms with Crippen molar-refractivity contribution in [2.24, 2.45) is 0 Å². The zero-order valence-corrected chi connectivity index (χ0v) is 15.4. The molecule has 1 unspecified atom stereocenters. The number of halogens is 3. The Bertz CT molecular complexity index is 811. The van der Waals surface area contributed by atoms with Crippen molar-refractivity contribution in [1.82, 2.24) is 9.62 Å². The molecule has 1 atom stereocenters. The molecule has 1 aliphatic heterocycles. The number of carbonyl (C=O) groups excluding carboxylic acids is 2. The number of sulfonamides is 1. The lowest BCUT2D eigenvalue weighted by Crippen LogP contribution is -2.49. The molecule has 7 nitrogen and oxygen atoms in total. The van der Waals surface area contributed by atoms with E-state index in [-0.39, 0.29) is 17.8 Å². The van der Waals surface area contributed by atoms with Gasteiger partial charge in [-0.25, -0.2) is 8.42 Å². The van der Waals surface area contributed by atoms with Crippen LogP contribution in [0, 0.1) is 0 Å². The minimum absolute atomic E-state index is 0.0549. The summed E-state index contributed by atoms with van der Waals surface area (Å²) in [5, 5.41) is 4.28.